The topological polar surface area (TPSA) is 46.3 Å². The number of halogens is 1. The number of hydrogen-bond acceptors (Lipinski definition) is 4. The zero-order chi connectivity index (χ0) is 15.1. The van der Waals surface area contributed by atoms with E-state index < -0.39 is 5.82 Å². The van der Waals surface area contributed by atoms with Crippen molar-refractivity contribution in [3.05, 3.63) is 23.1 Å². The molecule has 112 valence electrons. The largest absolute Gasteiger partial charge is 0.368 e. The average molecular weight is 290 g/mol. The number of carbonyl (C=O) groups is 1. The quantitative estimate of drug-likeness (QED) is 0.793. The van der Waals surface area contributed by atoms with Crippen LogP contribution in [0.5, 0.6) is 0 Å². The molecule has 1 aliphatic rings. The molecule has 1 fully saturated rings. The van der Waals surface area contributed by atoms with Crippen LogP contribution in [0.15, 0.2) is 10.6 Å². The Bertz CT molecular complexity index is 685. The molecule has 0 spiro atoms. The first kappa shape index (κ1) is 14.0. The number of aldehydes is 1. The van der Waals surface area contributed by atoms with Crippen molar-refractivity contribution in [3.63, 3.8) is 0 Å². The van der Waals surface area contributed by atoms with Crippen LogP contribution >= 0.6 is 0 Å². The van der Waals surface area contributed by atoms with Crippen molar-refractivity contribution in [1.29, 1.82) is 0 Å². The Kier molecular flexibility index (Phi) is 3.43. The van der Waals surface area contributed by atoms with E-state index in [1.54, 1.807) is 13.0 Å². The van der Waals surface area contributed by atoms with Crippen LogP contribution in [0, 0.1) is 24.6 Å². The van der Waals surface area contributed by atoms with E-state index in [1.165, 1.54) is 0 Å². The molecule has 1 aromatic heterocycles. The Morgan fingerprint density at radius 1 is 1.38 bits per heavy atom. The van der Waals surface area contributed by atoms with Crippen LogP contribution in [0.2, 0.25) is 0 Å². The SMILES string of the molecule is Cc1noc2c(F)c(N3C[C@H](C)C[C@@H](C)C3)c(C=O)cc12. The summed E-state index contributed by atoms with van der Waals surface area (Å²) in [6.07, 6.45) is 1.84. The molecule has 1 aliphatic heterocycles. The van der Waals surface area contributed by atoms with E-state index >= 15 is 0 Å². The van der Waals surface area contributed by atoms with Gasteiger partial charge in [-0.1, -0.05) is 19.0 Å². The lowest BCUT2D eigenvalue weighted by Crippen LogP contribution is -2.39. The summed E-state index contributed by atoms with van der Waals surface area (Å²) in [5, 5.41) is 4.36. The molecule has 0 bridgehead atoms. The zero-order valence-corrected chi connectivity index (χ0v) is 12.5. The number of carbonyl (C=O) groups excluding carboxylic acids is 1. The van der Waals surface area contributed by atoms with E-state index in [2.05, 4.69) is 19.0 Å². The van der Waals surface area contributed by atoms with Gasteiger partial charge in [0, 0.05) is 24.0 Å². The van der Waals surface area contributed by atoms with Gasteiger partial charge in [-0.25, -0.2) is 4.39 Å². The summed E-state index contributed by atoms with van der Waals surface area (Å²) in [6.45, 7) is 7.54. The van der Waals surface area contributed by atoms with Crippen molar-refractivity contribution in [2.45, 2.75) is 27.2 Å². The summed E-state index contributed by atoms with van der Waals surface area (Å²) in [5.41, 5.74) is 1.46. The second-order valence-corrected chi connectivity index (χ2v) is 6.24. The van der Waals surface area contributed by atoms with Gasteiger partial charge in [0.25, 0.3) is 0 Å². The van der Waals surface area contributed by atoms with E-state index in [-0.39, 0.29) is 5.58 Å². The van der Waals surface area contributed by atoms with Gasteiger partial charge < -0.3 is 9.42 Å². The maximum Gasteiger partial charge on any atom is 0.204 e. The number of aromatic nitrogens is 1. The number of fused-ring (bicyclic) bond motifs is 1. The fourth-order valence-electron chi connectivity index (χ4n) is 3.42. The molecule has 5 heteroatoms. The first-order chi connectivity index (χ1) is 10.0. The van der Waals surface area contributed by atoms with Gasteiger partial charge in [0.2, 0.25) is 5.58 Å². The number of anilines is 1. The Labute approximate surface area is 122 Å². The van der Waals surface area contributed by atoms with Crippen LogP contribution in [0.3, 0.4) is 0 Å². The zero-order valence-electron chi connectivity index (χ0n) is 12.5. The van der Waals surface area contributed by atoms with E-state index in [1.807, 2.05) is 4.90 Å². The molecule has 0 amide bonds. The van der Waals surface area contributed by atoms with Crippen LogP contribution in [0.25, 0.3) is 11.0 Å². The van der Waals surface area contributed by atoms with Gasteiger partial charge in [-0.15, -0.1) is 0 Å². The molecular formula is C16H19FN2O2. The second kappa shape index (κ2) is 5.13. The highest BCUT2D eigenvalue weighted by molar-refractivity contribution is 5.95. The lowest BCUT2D eigenvalue weighted by molar-refractivity contribution is 0.112. The summed E-state index contributed by atoms with van der Waals surface area (Å²) < 4.78 is 19.9. The third kappa shape index (κ3) is 2.30. The first-order valence-electron chi connectivity index (χ1n) is 7.29. The molecule has 0 aliphatic carbocycles. The maximum absolute atomic E-state index is 14.8. The monoisotopic (exact) mass is 290 g/mol. The van der Waals surface area contributed by atoms with Crippen LogP contribution in [0.4, 0.5) is 10.1 Å². The third-order valence-electron chi connectivity index (χ3n) is 4.20. The van der Waals surface area contributed by atoms with Crippen molar-refractivity contribution in [3.8, 4) is 0 Å². The van der Waals surface area contributed by atoms with Crippen LogP contribution < -0.4 is 4.90 Å². The number of piperidine rings is 1. The molecule has 1 saturated heterocycles. The van der Waals surface area contributed by atoms with Crippen molar-refractivity contribution < 1.29 is 13.7 Å². The normalized spacial score (nSPS) is 22.8. The van der Waals surface area contributed by atoms with Gasteiger partial charge in [0.1, 0.15) is 0 Å². The summed E-state index contributed by atoms with van der Waals surface area (Å²) in [4.78, 5) is 13.4. The Balaban J connectivity index is 2.16. The molecule has 0 saturated carbocycles. The summed E-state index contributed by atoms with van der Waals surface area (Å²) in [5.74, 6) is 0.469. The number of hydrogen-bond donors (Lipinski definition) is 0. The van der Waals surface area contributed by atoms with Gasteiger partial charge >= 0.3 is 0 Å². The van der Waals surface area contributed by atoms with Gasteiger partial charge in [-0.3, -0.25) is 4.79 Å². The first-order valence-corrected chi connectivity index (χ1v) is 7.29. The van der Waals surface area contributed by atoms with Crippen LogP contribution in [-0.2, 0) is 0 Å². The Hall–Kier alpha value is -1.91. The fourth-order valence-corrected chi connectivity index (χ4v) is 3.42. The summed E-state index contributed by atoms with van der Waals surface area (Å²) in [7, 11) is 0. The molecule has 0 radical (unpaired) electrons. The molecule has 0 unspecified atom stereocenters. The standard InChI is InChI=1S/C16H19FN2O2/c1-9-4-10(2)7-19(6-9)15-12(8-20)5-13-11(3)18-21-16(13)14(15)17/h5,8-10H,4,6-7H2,1-3H3/t9-,10-/m1/s1. The van der Waals surface area contributed by atoms with Crippen LogP contribution in [0.1, 0.15) is 36.3 Å². The van der Waals surface area contributed by atoms with Crippen molar-refractivity contribution in [2.75, 3.05) is 18.0 Å². The third-order valence-corrected chi connectivity index (χ3v) is 4.20. The predicted octanol–water partition coefficient (Wildman–Crippen LogP) is 3.57. The highest BCUT2D eigenvalue weighted by atomic mass is 19.1. The Morgan fingerprint density at radius 3 is 2.67 bits per heavy atom. The van der Waals surface area contributed by atoms with E-state index in [0.29, 0.717) is 40.5 Å². The number of aryl methyl sites for hydroxylation is 1. The van der Waals surface area contributed by atoms with E-state index in [9.17, 15) is 9.18 Å². The van der Waals surface area contributed by atoms with Crippen LogP contribution in [-0.4, -0.2) is 24.5 Å². The lowest BCUT2D eigenvalue weighted by atomic mass is 9.91. The second-order valence-electron chi connectivity index (χ2n) is 6.24. The molecule has 2 atom stereocenters. The summed E-state index contributed by atoms with van der Waals surface area (Å²) in [6, 6.07) is 1.68. The number of nitrogens with zero attached hydrogens (tertiary/aromatic N) is 2. The predicted molar refractivity (Wildman–Crippen MR) is 79.2 cm³/mol. The minimum Gasteiger partial charge on any atom is -0.368 e. The minimum atomic E-state index is -0.475. The van der Waals surface area contributed by atoms with Gasteiger partial charge in [-0.2, -0.15) is 0 Å². The Morgan fingerprint density at radius 2 is 2.05 bits per heavy atom. The van der Waals surface area contributed by atoms with Gasteiger partial charge in [0.15, 0.2) is 12.1 Å². The molecule has 1 aromatic carbocycles. The van der Waals surface area contributed by atoms with Crippen molar-refractivity contribution >= 4 is 22.9 Å². The number of benzene rings is 1. The lowest BCUT2D eigenvalue weighted by Gasteiger charge is -2.37. The summed E-state index contributed by atoms with van der Waals surface area (Å²) >= 11 is 0. The van der Waals surface area contributed by atoms with Crippen molar-refractivity contribution in [2.24, 2.45) is 11.8 Å². The molecule has 4 nitrogen and oxygen atoms in total. The molecular weight excluding hydrogens is 271 g/mol. The molecule has 2 heterocycles. The van der Waals surface area contributed by atoms with Gasteiger partial charge in [0.05, 0.1) is 11.4 Å². The van der Waals surface area contributed by atoms with E-state index in [4.69, 9.17) is 4.52 Å². The smallest absolute Gasteiger partial charge is 0.204 e. The van der Waals surface area contributed by atoms with Crippen molar-refractivity contribution in [1.82, 2.24) is 5.16 Å². The highest BCUT2D eigenvalue weighted by Gasteiger charge is 2.28. The van der Waals surface area contributed by atoms with E-state index in [0.717, 1.165) is 19.5 Å². The molecule has 21 heavy (non-hydrogen) atoms. The fraction of sp³-hybridized carbons (Fsp3) is 0.500. The molecule has 2 aromatic rings. The minimum absolute atomic E-state index is 0.138. The van der Waals surface area contributed by atoms with Gasteiger partial charge in [-0.05, 0) is 31.2 Å². The maximum atomic E-state index is 14.8. The highest BCUT2D eigenvalue weighted by Crippen LogP contribution is 2.35. The average Bonchev–Trinajstić information content (AvgIpc) is 2.79. The molecule has 0 N–H and O–H groups in total. The number of rotatable bonds is 2. The molecule has 3 rings (SSSR count).